The van der Waals surface area contributed by atoms with E-state index in [-0.39, 0.29) is 23.8 Å². The zero-order valence-corrected chi connectivity index (χ0v) is 22.6. The summed E-state index contributed by atoms with van der Waals surface area (Å²) >= 11 is 1.59. The number of oxazole rings is 1. The first-order valence-corrected chi connectivity index (χ1v) is 13.9. The standard InChI is InChI=1S/C27H31N7O3S/c1-16-11-19(7-8-28-16)26-30-21(15-36-26)25(35)29-20-12-22-23(31-24(20)33-9-5-4-6-10-33)32-27(38-22)34-13-17(2)37-18(3)14-34/h7-8,11-12,15,17-18H,4-6,9-10,13-14H2,1-3H3,(H,29,35). The average molecular weight is 534 g/mol. The molecule has 0 radical (unpaired) electrons. The predicted octanol–water partition coefficient (Wildman–Crippen LogP) is 4.91. The molecule has 0 spiro atoms. The van der Waals surface area contributed by atoms with Gasteiger partial charge in [-0.25, -0.2) is 9.97 Å². The molecule has 2 atom stereocenters. The molecule has 11 heteroatoms. The molecule has 2 fully saturated rings. The lowest BCUT2D eigenvalue weighted by Gasteiger charge is -2.35. The van der Waals surface area contributed by atoms with Crippen molar-refractivity contribution < 1.29 is 13.9 Å². The second-order valence-corrected chi connectivity index (χ2v) is 11.1. The summed E-state index contributed by atoms with van der Waals surface area (Å²) in [6.45, 7) is 9.44. The van der Waals surface area contributed by atoms with E-state index in [1.54, 1.807) is 17.5 Å². The van der Waals surface area contributed by atoms with Crippen LogP contribution in [-0.4, -0.2) is 64.2 Å². The highest BCUT2D eigenvalue weighted by molar-refractivity contribution is 7.22. The van der Waals surface area contributed by atoms with Crippen LogP contribution in [0.1, 0.15) is 49.3 Å². The van der Waals surface area contributed by atoms with Gasteiger partial charge in [-0.2, -0.15) is 4.98 Å². The largest absolute Gasteiger partial charge is 0.444 e. The van der Waals surface area contributed by atoms with Gasteiger partial charge < -0.3 is 24.3 Å². The van der Waals surface area contributed by atoms with Crippen molar-refractivity contribution in [3.8, 4) is 11.5 Å². The summed E-state index contributed by atoms with van der Waals surface area (Å²) in [5.74, 6) is 0.789. The quantitative estimate of drug-likeness (QED) is 0.383. The second-order valence-electron chi connectivity index (χ2n) is 10.1. The number of nitrogens with one attached hydrogen (secondary N) is 1. The van der Waals surface area contributed by atoms with Gasteiger partial charge in [0.15, 0.2) is 22.3 Å². The highest BCUT2D eigenvalue weighted by Gasteiger charge is 2.26. The van der Waals surface area contributed by atoms with Crippen LogP contribution in [-0.2, 0) is 4.74 Å². The zero-order chi connectivity index (χ0) is 26.2. The molecule has 6 heterocycles. The van der Waals surface area contributed by atoms with Crippen molar-refractivity contribution in [3.05, 3.63) is 42.0 Å². The first kappa shape index (κ1) is 24.7. The molecule has 1 N–H and O–H groups in total. The van der Waals surface area contributed by atoms with Gasteiger partial charge in [0, 0.05) is 43.6 Å². The Labute approximate surface area is 225 Å². The van der Waals surface area contributed by atoms with Gasteiger partial charge in [0.05, 0.1) is 22.6 Å². The third-order valence-corrected chi connectivity index (χ3v) is 7.88. The molecule has 10 nitrogen and oxygen atoms in total. The fourth-order valence-electron chi connectivity index (χ4n) is 5.13. The number of carbonyl (C=O) groups excluding carboxylic acids is 1. The van der Waals surface area contributed by atoms with E-state index in [1.165, 1.54) is 12.7 Å². The minimum atomic E-state index is -0.342. The molecular formula is C27H31N7O3S. The van der Waals surface area contributed by atoms with E-state index < -0.39 is 0 Å². The Morgan fingerprint density at radius 2 is 1.84 bits per heavy atom. The van der Waals surface area contributed by atoms with Gasteiger partial charge in [-0.15, -0.1) is 0 Å². The molecule has 0 bridgehead atoms. The molecule has 0 aromatic carbocycles. The maximum absolute atomic E-state index is 13.3. The fraction of sp³-hybridized carbons (Fsp3) is 0.444. The number of piperidine rings is 1. The van der Waals surface area contributed by atoms with E-state index in [2.05, 4.69) is 38.9 Å². The smallest absolute Gasteiger partial charge is 0.277 e. The van der Waals surface area contributed by atoms with Gasteiger partial charge in [-0.3, -0.25) is 9.78 Å². The van der Waals surface area contributed by atoms with Gasteiger partial charge in [-0.05, 0) is 58.2 Å². The summed E-state index contributed by atoms with van der Waals surface area (Å²) < 4.78 is 12.4. The highest BCUT2D eigenvalue weighted by Crippen LogP contribution is 2.36. The maximum Gasteiger partial charge on any atom is 0.277 e. The van der Waals surface area contributed by atoms with Crippen LogP contribution in [0.5, 0.6) is 0 Å². The number of hydrogen-bond acceptors (Lipinski definition) is 10. The molecule has 0 aliphatic carbocycles. The van der Waals surface area contributed by atoms with E-state index in [1.807, 2.05) is 25.1 Å². The number of hydrogen-bond donors (Lipinski definition) is 1. The first-order chi connectivity index (χ1) is 18.4. The molecule has 0 saturated carbocycles. The summed E-state index contributed by atoms with van der Waals surface area (Å²) in [5.41, 5.74) is 3.19. The SMILES string of the molecule is Cc1cc(-c2nc(C(=O)Nc3cc4sc(N5CC(C)OC(C)C5)nc4nc3N3CCCCC3)co2)ccn1. The minimum absolute atomic E-state index is 0.140. The van der Waals surface area contributed by atoms with Gasteiger partial charge in [0.2, 0.25) is 5.89 Å². The van der Waals surface area contributed by atoms with Crippen LogP contribution in [0.2, 0.25) is 0 Å². The first-order valence-electron chi connectivity index (χ1n) is 13.1. The van der Waals surface area contributed by atoms with Crippen LogP contribution in [0.25, 0.3) is 21.8 Å². The van der Waals surface area contributed by atoms with Crippen LogP contribution >= 0.6 is 11.3 Å². The van der Waals surface area contributed by atoms with Gasteiger partial charge in [0.1, 0.15) is 6.26 Å². The molecule has 2 aliphatic rings. The van der Waals surface area contributed by atoms with Crippen LogP contribution < -0.4 is 15.1 Å². The summed E-state index contributed by atoms with van der Waals surface area (Å²) in [7, 11) is 0. The van der Waals surface area contributed by atoms with Crippen LogP contribution in [0.15, 0.2) is 35.1 Å². The van der Waals surface area contributed by atoms with Crippen molar-refractivity contribution >= 4 is 44.2 Å². The van der Waals surface area contributed by atoms with Crippen LogP contribution in [0.4, 0.5) is 16.6 Å². The number of morpholine rings is 1. The molecule has 1 amide bonds. The normalized spacial score (nSPS) is 20.2. The Balaban J connectivity index is 1.31. The number of amides is 1. The number of fused-ring (bicyclic) bond motifs is 1. The lowest BCUT2D eigenvalue weighted by atomic mass is 10.1. The van der Waals surface area contributed by atoms with E-state index in [9.17, 15) is 4.79 Å². The molecule has 2 aliphatic heterocycles. The van der Waals surface area contributed by atoms with Crippen molar-refractivity contribution in [2.24, 2.45) is 0 Å². The predicted molar refractivity (Wildman–Crippen MR) is 148 cm³/mol. The lowest BCUT2D eigenvalue weighted by Crippen LogP contribution is -2.45. The maximum atomic E-state index is 13.3. The Bertz CT molecular complexity index is 1450. The van der Waals surface area contributed by atoms with E-state index in [0.717, 1.165) is 65.9 Å². The Morgan fingerprint density at radius 1 is 1.05 bits per heavy atom. The molecule has 4 aromatic heterocycles. The highest BCUT2D eigenvalue weighted by atomic mass is 32.1. The molecule has 4 aromatic rings. The molecule has 6 rings (SSSR count). The molecule has 198 valence electrons. The fourth-order valence-corrected chi connectivity index (χ4v) is 6.09. The molecular weight excluding hydrogens is 502 g/mol. The van der Waals surface area contributed by atoms with E-state index in [0.29, 0.717) is 17.2 Å². The summed E-state index contributed by atoms with van der Waals surface area (Å²) in [6.07, 6.45) is 6.75. The average Bonchev–Trinajstić information content (AvgIpc) is 3.56. The Morgan fingerprint density at radius 3 is 2.61 bits per heavy atom. The van der Waals surface area contributed by atoms with Crippen molar-refractivity contribution in [1.29, 1.82) is 0 Å². The topological polar surface area (TPSA) is 110 Å². The number of nitrogens with zero attached hydrogens (tertiary/aromatic N) is 6. The summed E-state index contributed by atoms with van der Waals surface area (Å²) in [6, 6.07) is 5.67. The number of rotatable bonds is 5. The van der Waals surface area contributed by atoms with Crippen LogP contribution in [0.3, 0.4) is 0 Å². The monoisotopic (exact) mass is 533 g/mol. The van der Waals surface area contributed by atoms with Crippen molar-refractivity contribution in [2.45, 2.75) is 52.2 Å². The second kappa shape index (κ2) is 10.3. The molecule has 2 unspecified atom stereocenters. The minimum Gasteiger partial charge on any atom is -0.444 e. The van der Waals surface area contributed by atoms with Crippen LogP contribution in [0, 0.1) is 6.92 Å². The van der Waals surface area contributed by atoms with Gasteiger partial charge in [-0.1, -0.05) is 11.3 Å². The Kier molecular flexibility index (Phi) is 6.71. The molecule has 2 saturated heterocycles. The van der Waals surface area contributed by atoms with Gasteiger partial charge >= 0.3 is 0 Å². The number of carbonyl (C=O) groups is 1. The van der Waals surface area contributed by atoms with Crippen molar-refractivity contribution in [1.82, 2.24) is 19.9 Å². The molecule has 38 heavy (non-hydrogen) atoms. The number of aromatic nitrogens is 4. The van der Waals surface area contributed by atoms with E-state index >= 15 is 0 Å². The number of aryl methyl sites for hydroxylation is 1. The zero-order valence-electron chi connectivity index (χ0n) is 21.8. The summed E-state index contributed by atoms with van der Waals surface area (Å²) in [4.78, 5) is 36.3. The number of pyridine rings is 2. The number of ether oxygens (including phenoxy) is 1. The number of anilines is 3. The van der Waals surface area contributed by atoms with E-state index in [4.69, 9.17) is 19.1 Å². The summed E-state index contributed by atoms with van der Waals surface area (Å²) in [5, 5.41) is 3.99. The van der Waals surface area contributed by atoms with Crippen molar-refractivity contribution in [2.75, 3.05) is 41.3 Å². The Hall–Kier alpha value is -3.57. The van der Waals surface area contributed by atoms with Crippen molar-refractivity contribution in [3.63, 3.8) is 0 Å². The third kappa shape index (κ3) is 5.08. The number of thiazole rings is 1. The lowest BCUT2D eigenvalue weighted by molar-refractivity contribution is -0.00522. The van der Waals surface area contributed by atoms with Gasteiger partial charge in [0.25, 0.3) is 5.91 Å². The third-order valence-electron chi connectivity index (χ3n) is 6.83.